The fourth-order valence-electron chi connectivity index (χ4n) is 1.44. The van der Waals surface area contributed by atoms with Gasteiger partial charge >= 0.3 is 0 Å². The van der Waals surface area contributed by atoms with Crippen LogP contribution in [0.25, 0.3) is 0 Å². The third kappa shape index (κ3) is 2.23. The van der Waals surface area contributed by atoms with Crippen LogP contribution in [-0.2, 0) is 0 Å². The summed E-state index contributed by atoms with van der Waals surface area (Å²) in [5.74, 6) is 2.97. The number of hydrogen-bond acceptors (Lipinski definition) is 0. The van der Waals surface area contributed by atoms with Crippen LogP contribution in [0.2, 0.25) is 0 Å². The maximum atomic E-state index is 2.27. The van der Waals surface area contributed by atoms with E-state index in [1.165, 1.54) is 6.42 Å². The Balaban J connectivity index is 2.61. The van der Waals surface area contributed by atoms with Crippen LogP contribution in [0.5, 0.6) is 0 Å². The molecule has 0 heterocycles. The van der Waals surface area contributed by atoms with Crippen LogP contribution in [0, 0.1) is 17.8 Å². The van der Waals surface area contributed by atoms with Crippen LogP contribution in [0.15, 0.2) is 23.8 Å². The van der Waals surface area contributed by atoms with E-state index < -0.39 is 0 Å². The zero-order valence-electron chi connectivity index (χ0n) is 8.59. The molecule has 1 radical (unpaired) electrons. The van der Waals surface area contributed by atoms with Gasteiger partial charge in [0.15, 0.2) is 0 Å². The van der Waals surface area contributed by atoms with Gasteiger partial charge in [-0.3, -0.25) is 0 Å². The summed E-state index contributed by atoms with van der Waals surface area (Å²) in [5.41, 5.74) is 1.57. The van der Waals surface area contributed by atoms with Crippen LogP contribution >= 0.6 is 0 Å². The van der Waals surface area contributed by atoms with Crippen molar-refractivity contribution in [2.24, 2.45) is 11.8 Å². The summed E-state index contributed by atoms with van der Waals surface area (Å²) in [6, 6.07) is 0. The SMILES string of the molecule is CC(C)[C]1C=CC=C(C(C)C)C1. The molecule has 0 aromatic rings. The minimum atomic E-state index is 0.698. The molecule has 0 unspecified atom stereocenters. The quantitative estimate of drug-likeness (QED) is 0.581. The highest BCUT2D eigenvalue weighted by molar-refractivity contribution is 5.31. The topological polar surface area (TPSA) is 0 Å². The Hall–Kier alpha value is -0.520. The number of rotatable bonds is 2. The monoisotopic (exact) mass is 163 g/mol. The molecule has 0 amide bonds. The smallest absolute Gasteiger partial charge is 0.00417 e. The lowest BCUT2D eigenvalue weighted by molar-refractivity contribution is 0.624. The Morgan fingerprint density at radius 3 is 2.25 bits per heavy atom. The lowest BCUT2D eigenvalue weighted by atomic mass is 9.82. The lowest BCUT2D eigenvalue weighted by Gasteiger charge is -2.23. The first-order valence-corrected chi connectivity index (χ1v) is 4.84. The first kappa shape index (κ1) is 9.57. The summed E-state index contributed by atoms with van der Waals surface area (Å²) in [6.45, 7) is 9.07. The van der Waals surface area contributed by atoms with Crippen molar-refractivity contribution in [1.82, 2.24) is 0 Å². The van der Waals surface area contributed by atoms with Crippen molar-refractivity contribution in [3.63, 3.8) is 0 Å². The maximum Gasteiger partial charge on any atom is 0.00417 e. The van der Waals surface area contributed by atoms with Gasteiger partial charge < -0.3 is 0 Å². The van der Waals surface area contributed by atoms with Crippen molar-refractivity contribution in [2.75, 3.05) is 0 Å². The zero-order valence-corrected chi connectivity index (χ0v) is 8.59. The molecule has 1 aliphatic rings. The normalized spacial score (nSPS) is 19.0. The third-order valence-electron chi connectivity index (χ3n) is 2.51. The molecule has 0 aromatic carbocycles. The molecule has 0 bridgehead atoms. The molecule has 0 heteroatoms. The number of allylic oxidation sites excluding steroid dienone is 4. The molecule has 1 rings (SSSR count). The summed E-state index contributed by atoms with van der Waals surface area (Å²) in [4.78, 5) is 0. The standard InChI is InChI=1S/C12H19/c1-9(2)11-6-5-7-12(8-11)10(3)4/h5-7,9-10H,8H2,1-4H3. The second-order valence-corrected chi connectivity index (χ2v) is 4.16. The van der Waals surface area contributed by atoms with Gasteiger partial charge in [-0.1, -0.05) is 51.5 Å². The van der Waals surface area contributed by atoms with E-state index in [4.69, 9.17) is 0 Å². The van der Waals surface area contributed by atoms with Gasteiger partial charge in [-0.25, -0.2) is 0 Å². The van der Waals surface area contributed by atoms with E-state index in [0.29, 0.717) is 11.8 Å². The van der Waals surface area contributed by atoms with Crippen molar-refractivity contribution >= 4 is 0 Å². The van der Waals surface area contributed by atoms with E-state index >= 15 is 0 Å². The molecule has 67 valence electrons. The lowest BCUT2D eigenvalue weighted by Crippen LogP contribution is -2.09. The molecule has 0 aromatic heterocycles. The van der Waals surface area contributed by atoms with Crippen LogP contribution in [0.4, 0.5) is 0 Å². The molecule has 0 spiro atoms. The molecule has 0 saturated carbocycles. The third-order valence-corrected chi connectivity index (χ3v) is 2.51. The summed E-state index contributed by atoms with van der Waals surface area (Å²) >= 11 is 0. The van der Waals surface area contributed by atoms with Crippen LogP contribution < -0.4 is 0 Å². The minimum Gasteiger partial charge on any atom is -0.0768 e. The maximum absolute atomic E-state index is 2.27. The van der Waals surface area contributed by atoms with Gasteiger partial charge in [0, 0.05) is 5.92 Å². The second kappa shape index (κ2) is 3.93. The summed E-state index contributed by atoms with van der Waals surface area (Å²) < 4.78 is 0. The summed E-state index contributed by atoms with van der Waals surface area (Å²) in [5, 5.41) is 0. The van der Waals surface area contributed by atoms with Crippen molar-refractivity contribution < 1.29 is 0 Å². The molecule has 0 nitrogen and oxygen atoms in total. The van der Waals surface area contributed by atoms with E-state index in [1.807, 2.05) is 0 Å². The molecule has 1 aliphatic carbocycles. The average Bonchev–Trinajstić information content (AvgIpc) is 2.04. The van der Waals surface area contributed by atoms with Gasteiger partial charge in [0.05, 0.1) is 0 Å². The fourth-order valence-corrected chi connectivity index (χ4v) is 1.44. The highest BCUT2D eigenvalue weighted by Crippen LogP contribution is 2.30. The molecule has 0 fully saturated rings. The largest absolute Gasteiger partial charge is 0.0768 e. The minimum absolute atomic E-state index is 0.698. The first-order chi connectivity index (χ1) is 5.61. The molecule has 0 saturated heterocycles. The van der Waals surface area contributed by atoms with Crippen LogP contribution in [0.1, 0.15) is 34.1 Å². The van der Waals surface area contributed by atoms with Crippen LogP contribution in [0.3, 0.4) is 0 Å². The van der Waals surface area contributed by atoms with E-state index in [-0.39, 0.29) is 0 Å². The van der Waals surface area contributed by atoms with Gasteiger partial charge in [-0.2, -0.15) is 0 Å². The second-order valence-electron chi connectivity index (χ2n) is 4.16. The van der Waals surface area contributed by atoms with Gasteiger partial charge in [0.2, 0.25) is 0 Å². The summed E-state index contributed by atoms with van der Waals surface area (Å²) in [7, 11) is 0. The predicted octanol–water partition coefficient (Wildman–Crippen LogP) is 3.76. The van der Waals surface area contributed by atoms with Gasteiger partial charge in [0.25, 0.3) is 0 Å². The number of hydrogen-bond donors (Lipinski definition) is 0. The van der Waals surface area contributed by atoms with Crippen molar-refractivity contribution in [3.8, 4) is 0 Å². The molecule has 0 atom stereocenters. The summed E-state index contributed by atoms with van der Waals surface area (Å²) in [6.07, 6.45) is 7.90. The van der Waals surface area contributed by atoms with E-state index in [9.17, 15) is 0 Å². The predicted molar refractivity (Wildman–Crippen MR) is 54.8 cm³/mol. The van der Waals surface area contributed by atoms with Gasteiger partial charge in [-0.05, 0) is 18.3 Å². The highest BCUT2D eigenvalue weighted by atomic mass is 14.2. The van der Waals surface area contributed by atoms with Crippen molar-refractivity contribution in [1.29, 1.82) is 0 Å². The fraction of sp³-hybridized carbons (Fsp3) is 0.583. The molecule has 0 aliphatic heterocycles. The highest BCUT2D eigenvalue weighted by Gasteiger charge is 2.16. The van der Waals surface area contributed by atoms with Crippen LogP contribution in [-0.4, -0.2) is 0 Å². The van der Waals surface area contributed by atoms with Gasteiger partial charge in [-0.15, -0.1) is 0 Å². The van der Waals surface area contributed by atoms with E-state index in [2.05, 4.69) is 45.9 Å². The van der Waals surface area contributed by atoms with Gasteiger partial charge in [0.1, 0.15) is 0 Å². The Morgan fingerprint density at radius 1 is 1.08 bits per heavy atom. The molecular formula is C12H19. The molecular weight excluding hydrogens is 144 g/mol. The Morgan fingerprint density at radius 2 is 1.75 bits per heavy atom. The van der Waals surface area contributed by atoms with Crippen molar-refractivity contribution in [3.05, 3.63) is 29.7 Å². The van der Waals surface area contributed by atoms with E-state index in [1.54, 1.807) is 11.5 Å². The van der Waals surface area contributed by atoms with Crippen molar-refractivity contribution in [2.45, 2.75) is 34.1 Å². The molecule has 0 N–H and O–H groups in total. The Bertz CT molecular complexity index is 194. The molecule has 12 heavy (non-hydrogen) atoms. The average molecular weight is 163 g/mol. The zero-order chi connectivity index (χ0) is 9.14. The van der Waals surface area contributed by atoms with E-state index in [0.717, 1.165) is 0 Å². The Labute approximate surface area is 76.4 Å². The Kier molecular flexibility index (Phi) is 3.13. The first-order valence-electron chi connectivity index (χ1n) is 4.84.